The minimum Gasteiger partial charge on any atom is -0.508 e. The third kappa shape index (κ3) is 7.88. The number of hydrogen-bond donors (Lipinski definition) is 4. The number of phenols is 1. The Kier molecular flexibility index (Phi) is 12.2. The number of carbonyl (C=O) groups excluding carboxylic acids is 2. The first kappa shape index (κ1) is 41.7. The van der Waals surface area contributed by atoms with Crippen LogP contribution in [0.1, 0.15) is 99.3 Å². The lowest BCUT2D eigenvalue weighted by Crippen LogP contribution is -2.42. The summed E-state index contributed by atoms with van der Waals surface area (Å²) in [5.74, 6) is 2.05. The van der Waals surface area contributed by atoms with Gasteiger partial charge in [-0.15, -0.1) is 0 Å². The lowest BCUT2D eigenvalue weighted by molar-refractivity contribution is -0.130. The first-order valence-electron chi connectivity index (χ1n) is 19.8. The highest BCUT2D eigenvalue weighted by atomic mass is 35.5. The Morgan fingerprint density at radius 3 is 1.53 bits per heavy atom. The first-order chi connectivity index (χ1) is 27.2. The van der Waals surface area contributed by atoms with E-state index in [1.165, 1.54) is 11.1 Å². The van der Waals surface area contributed by atoms with Crippen molar-refractivity contribution >= 4 is 58.2 Å². The summed E-state index contributed by atoms with van der Waals surface area (Å²) < 4.78 is 5.52. The van der Waals surface area contributed by atoms with Crippen molar-refractivity contribution in [1.29, 1.82) is 0 Å². The molecule has 0 radical (unpaired) electrons. The second kappa shape index (κ2) is 16.7. The Morgan fingerprint density at radius 2 is 1.11 bits per heavy atom. The molecule has 4 aliphatic rings. The molecular weight excluding hydrogens is 802 g/mol. The normalized spacial score (nSPS) is 31.7. The molecule has 4 N–H and O–H groups in total. The van der Waals surface area contributed by atoms with Gasteiger partial charge in [-0.1, -0.05) is 96.6 Å². The molecule has 2 saturated carbocycles. The van der Waals surface area contributed by atoms with Crippen LogP contribution in [0.15, 0.2) is 84.9 Å². The van der Waals surface area contributed by atoms with E-state index < -0.39 is 5.41 Å². The van der Waals surface area contributed by atoms with E-state index >= 15 is 0 Å². The third-order valence-electron chi connectivity index (χ3n) is 13.5. The van der Waals surface area contributed by atoms with Gasteiger partial charge in [0.05, 0.1) is 17.4 Å². The summed E-state index contributed by atoms with van der Waals surface area (Å²) >= 11 is 25.5. The molecule has 4 fully saturated rings. The van der Waals surface area contributed by atoms with E-state index in [0.717, 1.165) is 36.8 Å². The van der Waals surface area contributed by atoms with Crippen molar-refractivity contribution in [2.75, 3.05) is 13.2 Å². The third-order valence-corrected chi connectivity index (χ3v) is 14.7. The molecule has 4 aromatic rings. The van der Waals surface area contributed by atoms with Crippen LogP contribution in [0.25, 0.3) is 0 Å². The highest BCUT2D eigenvalue weighted by Gasteiger charge is 2.59. The minimum absolute atomic E-state index is 0.0418. The lowest BCUT2D eigenvalue weighted by Gasteiger charge is -2.46. The zero-order valence-electron chi connectivity index (χ0n) is 32.6. The Balaban J connectivity index is 0.000000175. The van der Waals surface area contributed by atoms with Crippen molar-refractivity contribution in [2.45, 2.75) is 89.1 Å². The maximum atomic E-state index is 12.8. The summed E-state index contributed by atoms with van der Waals surface area (Å²) in [5, 5.41) is 27.7. The average molecular weight is 853 g/mol. The molecule has 2 saturated heterocycles. The van der Waals surface area contributed by atoms with E-state index in [2.05, 4.69) is 62.6 Å². The molecule has 302 valence electrons. The number of nitrogens with one attached hydrogen (secondary N) is 2. The monoisotopic (exact) mass is 850 g/mol. The van der Waals surface area contributed by atoms with Crippen LogP contribution in [0, 0.1) is 22.7 Å². The van der Waals surface area contributed by atoms with E-state index in [-0.39, 0.29) is 83.8 Å². The van der Waals surface area contributed by atoms with Gasteiger partial charge in [-0.25, -0.2) is 0 Å². The highest BCUT2D eigenvalue weighted by Crippen LogP contribution is 2.60. The summed E-state index contributed by atoms with van der Waals surface area (Å²) in [5.41, 5.74) is 3.68. The number of carbonyl (C=O) groups is 2. The largest absolute Gasteiger partial charge is 0.508 e. The second-order valence-electron chi connectivity index (χ2n) is 16.8. The fraction of sp³-hybridized carbons (Fsp3) is 0.435. The fourth-order valence-electron chi connectivity index (χ4n) is 10.9. The van der Waals surface area contributed by atoms with E-state index in [9.17, 15) is 14.7 Å². The maximum Gasteiger partial charge on any atom is 0.226 e. The van der Waals surface area contributed by atoms with Crippen LogP contribution in [0.4, 0.5) is 0 Å². The summed E-state index contributed by atoms with van der Waals surface area (Å²) in [6, 6.07) is 27.1. The molecule has 11 heteroatoms. The fourth-order valence-corrected chi connectivity index (χ4v) is 11.8. The van der Waals surface area contributed by atoms with Gasteiger partial charge in [-0.05, 0) is 134 Å². The number of aromatic hydroxyl groups is 1. The Bertz CT molecular complexity index is 2110. The van der Waals surface area contributed by atoms with Gasteiger partial charge in [0.15, 0.2) is 0 Å². The zero-order chi connectivity index (χ0) is 40.8. The molecule has 57 heavy (non-hydrogen) atoms. The Morgan fingerprint density at radius 1 is 0.667 bits per heavy atom. The maximum absolute atomic E-state index is 12.8. The Hall–Kier alpha value is -3.46. The van der Waals surface area contributed by atoms with Crippen molar-refractivity contribution in [1.82, 2.24) is 10.6 Å². The van der Waals surface area contributed by atoms with Crippen molar-refractivity contribution < 1.29 is 24.5 Å². The van der Waals surface area contributed by atoms with Gasteiger partial charge in [-0.2, -0.15) is 0 Å². The molecule has 4 aromatic carbocycles. The van der Waals surface area contributed by atoms with Crippen LogP contribution in [0.5, 0.6) is 11.5 Å². The van der Waals surface area contributed by atoms with Gasteiger partial charge in [0, 0.05) is 44.0 Å². The number of amides is 2. The van der Waals surface area contributed by atoms with E-state index in [1.807, 2.05) is 48.5 Å². The number of aliphatic hydroxyl groups excluding tert-OH is 1. The standard InChI is InChI=1S/C24H27Cl2NO3.C22H23Cl2NO2/c1-14-22-21(15-3-5-16(25)6-4-15)19(9-10-24(22,2)23(29)27-14)18-8-7-17(13-20(18)26)30-12-11-28;1-12-20-19(13-3-5-14(23)6-4-13)17(9-10-22(20,2)21(27)25-12)16-8-7-15(26)11-18(16)24/h3-8,13-14,19,21-22,28H,9-12H2,1-2H3,(H,27,29);3-8,11-12,17,19-20,26H,9-10H2,1-2H3,(H,25,27)/t14-,19+,21+,22+,24-;12-,17+,19+,20+,22-/m11/s1. The molecule has 2 amide bonds. The van der Waals surface area contributed by atoms with Gasteiger partial charge in [-0.3, -0.25) is 9.59 Å². The molecule has 10 atom stereocenters. The smallest absolute Gasteiger partial charge is 0.226 e. The highest BCUT2D eigenvalue weighted by molar-refractivity contribution is 6.32. The first-order valence-corrected chi connectivity index (χ1v) is 21.3. The summed E-state index contributed by atoms with van der Waals surface area (Å²) in [6.07, 6.45) is 3.38. The molecule has 0 spiro atoms. The zero-order valence-corrected chi connectivity index (χ0v) is 35.6. The Labute approximate surface area is 355 Å². The van der Waals surface area contributed by atoms with Crippen molar-refractivity contribution in [3.63, 3.8) is 0 Å². The van der Waals surface area contributed by atoms with E-state index in [1.54, 1.807) is 12.1 Å². The van der Waals surface area contributed by atoms with Crippen molar-refractivity contribution in [3.8, 4) is 11.5 Å². The number of aliphatic hydroxyl groups is 1. The number of hydrogen-bond acceptors (Lipinski definition) is 5. The molecular formula is C46H50Cl4N2O5. The van der Waals surface area contributed by atoms with Gasteiger partial charge < -0.3 is 25.6 Å². The number of halogens is 4. The van der Waals surface area contributed by atoms with Crippen LogP contribution in [0.3, 0.4) is 0 Å². The van der Waals surface area contributed by atoms with E-state index in [4.69, 9.17) is 56.2 Å². The lowest BCUT2D eigenvalue weighted by atomic mass is 9.56. The quantitative estimate of drug-likeness (QED) is 0.148. The molecule has 7 nitrogen and oxygen atoms in total. The van der Waals surface area contributed by atoms with Gasteiger partial charge >= 0.3 is 0 Å². The predicted octanol–water partition coefficient (Wildman–Crippen LogP) is 10.7. The molecule has 2 aliphatic heterocycles. The van der Waals surface area contributed by atoms with Crippen molar-refractivity contribution in [3.05, 3.63) is 127 Å². The summed E-state index contributed by atoms with van der Waals surface area (Å²) in [4.78, 5) is 25.6. The molecule has 0 bridgehead atoms. The van der Waals surface area contributed by atoms with Crippen LogP contribution in [-0.2, 0) is 9.59 Å². The van der Waals surface area contributed by atoms with Crippen LogP contribution in [-0.4, -0.2) is 47.3 Å². The number of ether oxygens (including phenoxy) is 1. The molecule has 0 unspecified atom stereocenters. The number of benzene rings is 4. The van der Waals surface area contributed by atoms with Gasteiger partial charge in [0.25, 0.3) is 0 Å². The summed E-state index contributed by atoms with van der Waals surface area (Å²) in [7, 11) is 0. The molecule has 0 aromatic heterocycles. The van der Waals surface area contributed by atoms with Crippen LogP contribution in [0.2, 0.25) is 20.1 Å². The van der Waals surface area contributed by atoms with Gasteiger partial charge in [0.1, 0.15) is 18.1 Å². The minimum atomic E-state index is -0.392. The van der Waals surface area contributed by atoms with Gasteiger partial charge in [0.2, 0.25) is 11.8 Å². The summed E-state index contributed by atoms with van der Waals surface area (Å²) in [6.45, 7) is 8.58. The van der Waals surface area contributed by atoms with E-state index in [0.29, 0.717) is 25.8 Å². The average Bonchev–Trinajstić information content (AvgIpc) is 3.55. The van der Waals surface area contributed by atoms with Crippen LogP contribution >= 0.6 is 46.4 Å². The topological polar surface area (TPSA) is 108 Å². The SMILES string of the molecule is C[C@H]1NC(=O)[C@]2(C)CC[C@@H](c3ccc(O)cc3Cl)[C@H](c3ccc(Cl)cc3)[C@H]12.C[C@H]1NC(=O)[C@]2(C)CC[C@@H](c3ccc(OCCO)cc3Cl)[C@H](c3ccc(Cl)cc3)[C@H]12. The van der Waals surface area contributed by atoms with Crippen LogP contribution < -0.4 is 15.4 Å². The number of fused-ring (bicyclic) bond motifs is 2. The second-order valence-corrected chi connectivity index (χ2v) is 18.5. The number of rotatable bonds is 7. The number of phenolic OH excluding ortho intramolecular Hbond substituents is 1. The molecule has 2 aliphatic carbocycles. The van der Waals surface area contributed by atoms with Crippen molar-refractivity contribution in [2.24, 2.45) is 22.7 Å². The predicted molar refractivity (Wildman–Crippen MR) is 228 cm³/mol. The molecule has 8 rings (SSSR count). The molecule has 2 heterocycles.